The Hall–Kier alpha value is -1.38. The molecule has 3 nitrogen and oxygen atoms in total. The normalized spacial score (nSPS) is 10.1. The Morgan fingerprint density at radius 1 is 1.25 bits per heavy atom. The number of hydrogen-bond acceptors (Lipinski definition) is 3. The summed E-state index contributed by atoms with van der Waals surface area (Å²) in [4.78, 5) is 0. The van der Waals surface area contributed by atoms with E-state index in [1.54, 1.807) is 0 Å². The molecule has 0 spiro atoms. The molecule has 0 saturated carbocycles. The van der Waals surface area contributed by atoms with E-state index in [4.69, 9.17) is 10.5 Å². The molecule has 0 heterocycles. The number of anilines is 2. The van der Waals surface area contributed by atoms with Gasteiger partial charge in [0.05, 0.1) is 12.3 Å². The number of benzene rings is 1. The highest BCUT2D eigenvalue weighted by atomic mass is 16.5. The van der Waals surface area contributed by atoms with Crippen molar-refractivity contribution in [3.8, 4) is 5.75 Å². The fourth-order valence-electron chi connectivity index (χ4n) is 1.39. The molecule has 0 aliphatic carbocycles. The number of nitrogens with two attached hydrogens (primary N) is 1. The van der Waals surface area contributed by atoms with E-state index in [2.05, 4.69) is 19.2 Å². The molecular weight excluding hydrogens is 200 g/mol. The lowest BCUT2D eigenvalue weighted by atomic mass is 10.2. The van der Waals surface area contributed by atoms with E-state index in [9.17, 15) is 0 Å². The number of nitrogen functional groups attached to an aromatic ring is 1. The highest BCUT2D eigenvalue weighted by Crippen LogP contribution is 2.25. The van der Waals surface area contributed by atoms with Crippen LogP contribution in [0.2, 0.25) is 0 Å². The van der Waals surface area contributed by atoms with Gasteiger partial charge in [0.15, 0.2) is 0 Å². The SMILES string of the molecule is CCCCNc1ccc(N)c(OCCC)c1. The van der Waals surface area contributed by atoms with Crippen molar-refractivity contribution in [2.75, 3.05) is 24.2 Å². The van der Waals surface area contributed by atoms with E-state index >= 15 is 0 Å². The molecule has 0 unspecified atom stereocenters. The third kappa shape index (κ3) is 4.01. The molecule has 1 aromatic carbocycles. The van der Waals surface area contributed by atoms with Crippen molar-refractivity contribution < 1.29 is 4.74 Å². The van der Waals surface area contributed by atoms with Crippen molar-refractivity contribution >= 4 is 11.4 Å². The summed E-state index contributed by atoms with van der Waals surface area (Å²) in [7, 11) is 0. The van der Waals surface area contributed by atoms with Gasteiger partial charge in [-0.15, -0.1) is 0 Å². The van der Waals surface area contributed by atoms with E-state index in [1.807, 2.05) is 18.2 Å². The van der Waals surface area contributed by atoms with E-state index in [1.165, 1.54) is 12.8 Å². The quantitative estimate of drug-likeness (QED) is 0.550. The summed E-state index contributed by atoms with van der Waals surface area (Å²) in [6, 6.07) is 5.85. The second kappa shape index (κ2) is 6.99. The van der Waals surface area contributed by atoms with Crippen LogP contribution in [0.3, 0.4) is 0 Å². The molecule has 0 atom stereocenters. The molecule has 0 amide bonds. The molecule has 0 radical (unpaired) electrons. The number of nitrogens with one attached hydrogen (secondary N) is 1. The van der Waals surface area contributed by atoms with Crippen molar-refractivity contribution in [2.45, 2.75) is 33.1 Å². The smallest absolute Gasteiger partial charge is 0.144 e. The van der Waals surface area contributed by atoms with Gasteiger partial charge in [-0.25, -0.2) is 0 Å². The maximum atomic E-state index is 5.83. The van der Waals surface area contributed by atoms with Crippen LogP contribution in [-0.4, -0.2) is 13.2 Å². The van der Waals surface area contributed by atoms with E-state index in [0.717, 1.165) is 24.4 Å². The van der Waals surface area contributed by atoms with Crippen LogP contribution in [0, 0.1) is 0 Å². The predicted octanol–water partition coefficient (Wildman–Crippen LogP) is 3.27. The minimum absolute atomic E-state index is 0.703. The molecule has 16 heavy (non-hydrogen) atoms. The molecular formula is C13H22N2O. The lowest BCUT2D eigenvalue weighted by Crippen LogP contribution is -2.03. The molecule has 0 aliphatic rings. The van der Waals surface area contributed by atoms with Crippen molar-refractivity contribution in [3.63, 3.8) is 0 Å². The number of unbranched alkanes of at least 4 members (excludes halogenated alkanes) is 1. The molecule has 1 aromatic rings. The molecule has 3 heteroatoms. The zero-order valence-corrected chi connectivity index (χ0v) is 10.3. The number of hydrogen-bond donors (Lipinski definition) is 2. The molecule has 1 rings (SSSR count). The van der Waals surface area contributed by atoms with Crippen LogP contribution >= 0.6 is 0 Å². The van der Waals surface area contributed by atoms with Gasteiger partial charge in [-0.3, -0.25) is 0 Å². The largest absolute Gasteiger partial charge is 0.491 e. The van der Waals surface area contributed by atoms with Crippen LogP contribution in [0.5, 0.6) is 5.75 Å². The predicted molar refractivity (Wildman–Crippen MR) is 70.0 cm³/mol. The fraction of sp³-hybridized carbons (Fsp3) is 0.538. The molecule has 0 aromatic heterocycles. The van der Waals surface area contributed by atoms with Crippen molar-refractivity contribution in [3.05, 3.63) is 18.2 Å². The maximum absolute atomic E-state index is 5.83. The number of ether oxygens (including phenoxy) is 1. The average molecular weight is 222 g/mol. The minimum atomic E-state index is 0.703. The molecule has 0 aliphatic heterocycles. The first kappa shape index (κ1) is 12.7. The van der Waals surface area contributed by atoms with Gasteiger partial charge in [0, 0.05) is 18.3 Å². The Morgan fingerprint density at radius 3 is 2.75 bits per heavy atom. The summed E-state index contributed by atoms with van der Waals surface area (Å²) in [6.07, 6.45) is 3.36. The summed E-state index contributed by atoms with van der Waals surface area (Å²) in [5.74, 6) is 0.781. The summed E-state index contributed by atoms with van der Waals surface area (Å²) >= 11 is 0. The Labute approximate surface area is 98.0 Å². The zero-order valence-electron chi connectivity index (χ0n) is 10.3. The van der Waals surface area contributed by atoms with Gasteiger partial charge in [0.25, 0.3) is 0 Å². The molecule has 90 valence electrons. The first-order valence-electron chi connectivity index (χ1n) is 6.04. The molecule has 0 fully saturated rings. The van der Waals surface area contributed by atoms with Gasteiger partial charge in [0.1, 0.15) is 5.75 Å². The first-order chi connectivity index (χ1) is 7.77. The van der Waals surface area contributed by atoms with Crippen LogP contribution in [-0.2, 0) is 0 Å². The Bertz CT molecular complexity index is 313. The average Bonchev–Trinajstić information content (AvgIpc) is 2.30. The number of rotatable bonds is 7. The Balaban J connectivity index is 2.58. The highest BCUT2D eigenvalue weighted by molar-refractivity contribution is 5.61. The van der Waals surface area contributed by atoms with E-state index in [0.29, 0.717) is 12.3 Å². The second-order valence-electron chi connectivity index (χ2n) is 3.88. The monoisotopic (exact) mass is 222 g/mol. The second-order valence-corrected chi connectivity index (χ2v) is 3.88. The van der Waals surface area contributed by atoms with Crippen LogP contribution in [0.25, 0.3) is 0 Å². The third-order valence-corrected chi connectivity index (χ3v) is 2.33. The Morgan fingerprint density at radius 2 is 2.06 bits per heavy atom. The highest BCUT2D eigenvalue weighted by Gasteiger charge is 2.01. The lowest BCUT2D eigenvalue weighted by Gasteiger charge is -2.11. The van der Waals surface area contributed by atoms with Crippen LogP contribution in [0.4, 0.5) is 11.4 Å². The zero-order chi connectivity index (χ0) is 11.8. The standard InChI is InChI=1S/C13H22N2O/c1-3-5-8-15-11-6-7-12(14)13(10-11)16-9-4-2/h6-7,10,15H,3-5,8-9,14H2,1-2H3. The van der Waals surface area contributed by atoms with Crippen LogP contribution in [0.15, 0.2) is 18.2 Å². The van der Waals surface area contributed by atoms with Gasteiger partial charge in [-0.1, -0.05) is 20.3 Å². The molecule has 0 saturated heterocycles. The lowest BCUT2D eigenvalue weighted by molar-refractivity contribution is 0.319. The summed E-state index contributed by atoms with van der Waals surface area (Å²) in [5.41, 5.74) is 7.61. The van der Waals surface area contributed by atoms with Crippen molar-refractivity contribution in [2.24, 2.45) is 0 Å². The van der Waals surface area contributed by atoms with E-state index < -0.39 is 0 Å². The van der Waals surface area contributed by atoms with Gasteiger partial charge < -0.3 is 15.8 Å². The molecule has 3 N–H and O–H groups in total. The van der Waals surface area contributed by atoms with Gasteiger partial charge >= 0.3 is 0 Å². The topological polar surface area (TPSA) is 47.3 Å². The fourth-order valence-corrected chi connectivity index (χ4v) is 1.39. The van der Waals surface area contributed by atoms with Crippen molar-refractivity contribution in [1.29, 1.82) is 0 Å². The Kier molecular flexibility index (Phi) is 5.54. The maximum Gasteiger partial charge on any atom is 0.144 e. The van der Waals surface area contributed by atoms with Gasteiger partial charge in [0.2, 0.25) is 0 Å². The van der Waals surface area contributed by atoms with Crippen LogP contribution < -0.4 is 15.8 Å². The van der Waals surface area contributed by atoms with Gasteiger partial charge in [-0.2, -0.15) is 0 Å². The minimum Gasteiger partial charge on any atom is -0.491 e. The van der Waals surface area contributed by atoms with Crippen LogP contribution in [0.1, 0.15) is 33.1 Å². The molecule has 0 bridgehead atoms. The summed E-state index contributed by atoms with van der Waals surface area (Å²) in [5, 5.41) is 3.35. The summed E-state index contributed by atoms with van der Waals surface area (Å²) in [6.45, 7) is 5.97. The third-order valence-electron chi connectivity index (χ3n) is 2.33. The summed E-state index contributed by atoms with van der Waals surface area (Å²) < 4.78 is 5.57. The van der Waals surface area contributed by atoms with Gasteiger partial charge in [-0.05, 0) is 25.0 Å². The first-order valence-corrected chi connectivity index (χ1v) is 6.04. The van der Waals surface area contributed by atoms with E-state index in [-0.39, 0.29) is 0 Å². The van der Waals surface area contributed by atoms with Crippen molar-refractivity contribution in [1.82, 2.24) is 0 Å².